The number of carboxylic acids is 1. The fraction of sp³-hybridized carbons (Fsp3) is 0.167. The third kappa shape index (κ3) is 1.56. The summed E-state index contributed by atoms with van der Waals surface area (Å²) in [7, 11) is 0. The van der Waals surface area contributed by atoms with Crippen molar-refractivity contribution in [2.24, 2.45) is 0 Å². The molecule has 0 atom stereocenters. The maximum Gasteiger partial charge on any atom is 0.337 e. The molecule has 0 bridgehead atoms. The first-order chi connectivity index (χ1) is 7.24. The van der Waals surface area contributed by atoms with Gasteiger partial charge in [0.2, 0.25) is 0 Å². The van der Waals surface area contributed by atoms with Gasteiger partial charge in [0.25, 0.3) is 0 Å². The molecule has 3 nitrogen and oxygen atoms in total. The van der Waals surface area contributed by atoms with Gasteiger partial charge < -0.3 is 5.11 Å². The zero-order valence-electron chi connectivity index (χ0n) is 8.40. The van der Waals surface area contributed by atoms with Crippen LogP contribution < -0.4 is 0 Å². The van der Waals surface area contributed by atoms with Crippen LogP contribution in [0.4, 0.5) is 0 Å². The molecule has 1 aromatic heterocycles. The summed E-state index contributed by atoms with van der Waals surface area (Å²) in [6.45, 7) is 2.01. The van der Waals surface area contributed by atoms with Crippen molar-refractivity contribution in [2.45, 2.75) is 13.3 Å². The molecule has 0 radical (unpaired) electrons. The number of carbonyl (C=O) groups is 1. The number of hydrogen-bond donors (Lipinski definition) is 1. The number of aromatic carboxylic acids is 1. The first-order valence-electron chi connectivity index (χ1n) is 4.84. The van der Waals surface area contributed by atoms with Crippen LogP contribution in [0.15, 0.2) is 30.5 Å². The Morgan fingerprint density at radius 1 is 1.33 bits per heavy atom. The largest absolute Gasteiger partial charge is 0.478 e. The predicted molar refractivity (Wildman–Crippen MR) is 58.1 cm³/mol. The Hall–Kier alpha value is -1.90. The second kappa shape index (κ2) is 3.69. The van der Waals surface area contributed by atoms with E-state index in [9.17, 15) is 4.79 Å². The minimum atomic E-state index is -0.929. The van der Waals surface area contributed by atoms with E-state index in [-0.39, 0.29) is 5.56 Å². The minimum Gasteiger partial charge on any atom is -0.478 e. The van der Waals surface area contributed by atoms with Crippen molar-refractivity contribution >= 4 is 16.7 Å². The SMILES string of the molecule is CCc1ncc(C(=O)O)c2ccccc12. The Bertz CT molecular complexity index is 520. The quantitative estimate of drug-likeness (QED) is 0.812. The Labute approximate surface area is 87.4 Å². The van der Waals surface area contributed by atoms with Gasteiger partial charge in [-0.2, -0.15) is 0 Å². The molecule has 76 valence electrons. The molecule has 0 saturated carbocycles. The summed E-state index contributed by atoms with van der Waals surface area (Å²) in [5.41, 5.74) is 1.21. The van der Waals surface area contributed by atoms with E-state index in [1.54, 1.807) is 0 Å². The molecule has 3 heteroatoms. The highest BCUT2D eigenvalue weighted by atomic mass is 16.4. The van der Waals surface area contributed by atoms with Gasteiger partial charge in [-0.15, -0.1) is 0 Å². The molecule has 0 fully saturated rings. The van der Waals surface area contributed by atoms with E-state index in [0.29, 0.717) is 0 Å². The first kappa shape index (κ1) is 9.65. The minimum absolute atomic E-state index is 0.266. The number of pyridine rings is 1. The van der Waals surface area contributed by atoms with Crippen LogP contribution in [0.1, 0.15) is 23.0 Å². The average Bonchev–Trinajstić information content (AvgIpc) is 2.27. The highest BCUT2D eigenvalue weighted by molar-refractivity contribution is 6.03. The van der Waals surface area contributed by atoms with Gasteiger partial charge in [0, 0.05) is 17.3 Å². The van der Waals surface area contributed by atoms with E-state index in [1.807, 2.05) is 31.2 Å². The zero-order valence-corrected chi connectivity index (χ0v) is 8.40. The number of benzene rings is 1. The maximum atomic E-state index is 11.0. The highest BCUT2D eigenvalue weighted by Gasteiger charge is 2.10. The van der Waals surface area contributed by atoms with Gasteiger partial charge in [-0.05, 0) is 11.8 Å². The summed E-state index contributed by atoms with van der Waals surface area (Å²) in [6.07, 6.45) is 2.24. The standard InChI is InChI=1S/C12H11NO2/c1-2-11-9-6-4-3-5-8(9)10(7-13-11)12(14)15/h3-7H,2H2,1H3,(H,14,15). The first-order valence-corrected chi connectivity index (χ1v) is 4.84. The van der Waals surface area contributed by atoms with Gasteiger partial charge in [0.15, 0.2) is 0 Å². The van der Waals surface area contributed by atoms with Crippen LogP contribution in [0.5, 0.6) is 0 Å². The summed E-state index contributed by atoms with van der Waals surface area (Å²) < 4.78 is 0. The van der Waals surface area contributed by atoms with Crippen LogP contribution in [0.25, 0.3) is 10.8 Å². The lowest BCUT2D eigenvalue weighted by molar-refractivity contribution is 0.0698. The summed E-state index contributed by atoms with van der Waals surface area (Å²) >= 11 is 0. The molecule has 0 amide bonds. The molecule has 2 aromatic rings. The molecular weight excluding hydrogens is 190 g/mol. The Morgan fingerprint density at radius 2 is 2.00 bits per heavy atom. The van der Waals surface area contributed by atoms with Crippen molar-refractivity contribution in [1.82, 2.24) is 4.98 Å². The number of rotatable bonds is 2. The molecule has 0 spiro atoms. The number of hydrogen-bond acceptors (Lipinski definition) is 2. The molecule has 2 rings (SSSR count). The number of nitrogens with zero attached hydrogens (tertiary/aromatic N) is 1. The molecule has 1 aromatic carbocycles. The normalized spacial score (nSPS) is 10.5. The van der Waals surface area contributed by atoms with E-state index < -0.39 is 5.97 Å². The van der Waals surface area contributed by atoms with Crippen LogP contribution >= 0.6 is 0 Å². The molecule has 0 saturated heterocycles. The molecule has 0 aliphatic heterocycles. The van der Waals surface area contributed by atoms with E-state index >= 15 is 0 Å². The molecule has 1 N–H and O–H groups in total. The van der Waals surface area contributed by atoms with E-state index in [4.69, 9.17) is 5.11 Å². The zero-order chi connectivity index (χ0) is 10.8. The number of fused-ring (bicyclic) bond motifs is 1. The van der Waals surface area contributed by atoms with Crippen molar-refractivity contribution in [1.29, 1.82) is 0 Å². The van der Waals surface area contributed by atoms with Crippen LogP contribution in [-0.4, -0.2) is 16.1 Å². The van der Waals surface area contributed by atoms with E-state index in [2.05, 4.69) is 4.98 Å². The lowest BCUT2D eigenvalue weighted by atomic mass is 10.0. The second-order valence-electron chi connectivity index (χ2n) is 3.32. The van der Waals surface area contributed by atoms with Crippen LogP contribution in [-0.2, 0) is 6.42 Å². The smallest absolute Gasteiger partial charge is 0.337 e. The lowest BCUT2D eigenvalue weighted by Gasteiger charge is -2.05. The van der Waals surface area contributed by atoms with E-state index in [1.165, 1.54) is 6.20 Å². The molecule has 1 heterocycles. The summed E-state index contributed by atoms with van der Waals surface area (Å²) in [4.78, 5) is 15.1. The third-order valence-electron chi connectivity index (χ3n) is 2.44. The average molecular weight is 201 g/mol. The van der Waals surface area contributed by atoms with Gasteiger partial charge in [0.1, 0.15) is 0 Å². The van der Waals surface area contributed by atoms with Crippen LogP contribution in [0.2, 0.25) is 0 Å². The van der Waals surface area contributed by atoms with Crippen molar-refractivity contribution < 1.29 is 9.90 Å². The predicted octanol–water partition coefficient (Wildman–Crippen LogP) is 2.50. The van der Waals surface area contributed by atoms with Crippen molar-refractivity contribution in [3.05, 3.63) is 41.7 Å². The number of aromatic nitrogens is 1. The van der Waals surface area contributed by atoms with Crippen molar-refractivity contribution in [3.8, 4) is 0 Å². The number of carboxylic acid groups (broad SMARTS) is 1. The third-order valence-corrected chi connectivity index (χ3v) is 2.44. The van der Waals surface area contributed by atoms with Crippen molar-refractivity contribution in [3.63, 3.8) is 0 Å². The number of aryl methyl sites for hydroxylation is 1. The molecular formula is C12H11NO2. The molecule has 0 aliphatic rings. The Balaban J connectivity index is 2.83. The lowest BCUT2D eigenvalue weighted by Crippen LogP contribution is -2.01. The Kier molecular flexibility index (Phi) is 2.37. The van der Waals surface area contributed by atoms with E-state index in [0.717, 1.165) is 22.9 Å². The molecule has 0 unspecified atom stereocenters. The second-order valence-corrected chi connectivity index (χ2v) is 3.32. The summed E-state index contributed by atoms with van der Waals surface area (Å²) in [6, 6.07) is 7.47. The Morgan fingerprint density at radius 3 is 2.60 bits per heavy atom. The van der Waals surface area contributed by atoms with Crippen LogP contribution in [0.3, 0.4) is 0 Å². The highest BCUT2D eigenvalue weighted by Crippen LogP contribution is 2.21. The topological polar surface area (TPSA) is 50.2 Å². The molecule has 15 heavy (non-hydrogen) atoms. The monoisotopic (exact) mass is 201 g/mol. The van der Waals surface area contributed by atoms with Crippen molar-refractivity contribution in [2.75, 3.05) is 0 Å². The maximum absolute atomic E-state index is 11.0. The van der Waals surface area contributed by atoms with Gasteiger partial charge in [-0.1, -0.05) is 31.2 Å². The fourth-order valence-corrected chi connectivity index (χ4v) is 1.70. The summed E-state index contributed by atoms with van der Waals surface area (Å²) in [5.74, 6) is -0.929. The fourth-order valence-electron chi connectivity index (χ4n) is 1.70. The van der Waals surface area contributed by atoms with Crippen LogP contribution in [0, 0.1) is 0 Å². The summed E-state index contributed by atoms with van der Waals surface area (Å²) in [5, 5.41) is 10.7. The van der Waals surface area contributed by atoms with Gasteiger partial charge in [-0.3, -0.25) is 4.98 Å². The van der Waals surface area contributed by atoms with Gasteiger partial charge in [-0.25, -0.2) is 4.79 Å². The van der Waals surface area contributed by atoms with Gasteiger partial charge >= 0.3 is 5.97 Å². The molecule has 0 aliphatic carbocycles. The van der Waals surface area contributed by atoms with Gasteiger partial charge in [0.05, 0.1) is 5.56 Å².